The summed E-state index contributed by atoms with van der Waals surface area (Å²) in [5, 5.41) is 5.30. The van der Waals surface area contributed by atoms with Gasteiger partial charge in [-0.25, -0.2) is 0 Å². The Bertz CT molecular complexity index is 607. The third-order valence-corrected chi connectivity index (χ3v) is 3.62. The Labute approximate surface area is 125 Å². The van der Waals surface area contributed by atoms with Gasteiger partial charge in [-0.1, -0.05) is 42.5 Å². The van der Waals surface area contributed by atoms with Gasteiger partial charge in [0.15, 0.2) is 0 Å². The van der Waals surface area contributed by atoms with Crippen LogP contribution in [0.1, 0.15) is 24.9 Å². The summed E-state index contributed by atoms with van der Waals surface area (Å²) in [6.07, 6.45) is 0.518. The maximum Gasteiger partial charge on any atom is 0.237 e. The first-order valence-electron chi connectivity index (χ1n) is 7.16. The second kappa shape index (κ2) is 7.20. The maximum atomic E-state index is 12.1. The van der Waals surface area contributed by atoms with Crippen molar-refractivity contribution in [2.24, 2.45) is 5.73 Å². The van der Waals surface area contributed by atoms with E-state index in [1.165, 1.54) is 5.39 Å². The van der Waals surface area contributed by atoms with E-state index in [0.717, 1.165) is 10.9 Å². The van der Waals surface area contributed by atoms with Crippen molar-refractivity contribution in [3.8, 4) is 0 Å². The Morgan fingerprint density at radius 1 is 1.24 bits per heavy atom. The SMILES string of the molecule is COCCC(N)C(=O)NC(C)c1cccc2ccccc12. The van der Waals surface area contributed by atoms with Crippen molar-refractivity contribution in [2.45, 2.75) is 25.4 Å². The van der Waals surface area contributed by atoms with Crippen LogP contribution in [0.2, 0.25) is 0 Å². The van der Waals surface area contributed by atoms with Crippen LogP contribution < -0.4 is 11.1 Å². The summed E-state index contributed by atoms with van der Waals surface area (Å²) in [5.41, 5.74) is 6.95. The number of ether oxygens (including phenoxy) is 1. The first kappa shape index (κ1) is 15.5. The summed E-state index contributed by atoms with van der Waals surface area (Å²) >= 11 is 0. The molecule has 112 valence electrons. The van der Waals surface area contributed by atoms with Crippen molar-refractivity contribution >= 4 is 16.7 Å². The lowest BCUT2D eigenvalue weighted by Gasteiger charge is -2.19. The van der Waals surface area contributed by atoms with Crippen molar-refractivity contribution < 1.29 is 9.53 Å². The monoisotopic (exact) mass is 286 g/mol. The molecule has 2 aromatic carbocycles. The van der Waals surface area contributed by atoms with Crippen molar-refractivity contribution in [1.82, 2.24) is 5.32 Å². The summed E-state index contributed by atoms with van der Waals surface area (Å²) in [6, 6.07) is 13.6. The molecule has 0 spiro atoms. The van der Waals surface area contributed by atoms with Crippen LogP contribution in [0, 0.1) is 0 Å². The Balaban J connectivity index is 2.12. The molecule has 0 saturated heterocycles. The number of hydrogen-bond acceptors (Lipinski definition) is 3. The molecule has 0 bridgehead atoms. The number of nitrogens with two attached hydrogens (primary N) is 1. The van der Waals surface area contributed by atoms with Gasteiger partial charge >= 0.3 is 0 Å². The Kier molecular flexibility index (Phi) is 5.31. The summed E-state index contributed by atoms with van der Waals surface area (Å²) in [5.74, 6) is -0.146. The largest absolute Gasteiger partial charge is 0.385 e. The minimum Gasteiger partial charge on any atom is -0.385 e. The number of fused-ring (bicyclic) bond motifs is 1. The molecule has 21 heavy (non-hydrogen) atoms. The van der Waals surface area contributed by atoms with Crippen LogP contribution in [0.3, 0.4) is 0 Å². The van der Waals surface area contributed by atoms with Gasteiger partial charge in [-0.05, 0) is 29.7 Å². The predicted octanol–water partition coefficient (Wildman–Crippen LogP) is 2.38. The molecule has 0 aliphatic rings. The highest BCUT2D eigenvalue weighted by molar-refractivity contribution is 5.87. The van der Waals surface area contributed by atoms with Crippen molar-refractivity contribution in [3.63, 3.8) is 0 Å². The van der Waals surface area contributed by atoms with Gasteiger partial charge < -0.3 is 15.8 Å². The van der Waals surface area contributed by atoms with Crippen LogP contribution in [-0.4, -0.2) is 25.7 Å². The number of amides is 1. The van der Waals surface area contributed by atoms with Crippen LogP contribution in [0.5, 0.6) is 0 Å². The van der Waals surface area contributed by atoms with Gasteiger partial charge in [0.2, 0.25) is 5.91 Å². The molecule has 0 aromatic heterocycles. The third-order valence-electron chi connectivity index (χ3n) is 3.62. The van der Waals surface area contributed by atoms with Gasteiger partial charge in [0.1, 0.15) is 0 Å². The molecule has 4 nitrogen and oxygen atoms in total. The zero-order valence-corrected chi connectivity index (χ0v) is 12.5. The van der Waals surface area contributed by atoms with Gasteiger partial charge in [0, 0.05) is 13.7 Å². The maximum absolute atomic E-state index is 12.1. The number of nitrogens with one attached hydrogen (secondary N) is 1. The van der Waals surface area contributed by atoms with E-state index < -0.39 is 6.04 Å². The van der Waals surface area contributed by atoms with Gasteiger partial charge in [-0.15, -0.1) is 0 Å². The minimum absolute atomic E-state index is 0.0859. The Morgan fingerprint density at radius 2 is 1.95 bits per heavy atom. The lowest BCUT2D eigenvalue weighted by Crippen LogP contribution is -2.42. The van der Waals surface area contributed by atoms with E-state index in [1.54, 1.807) is 7.11 Å². The molecular weight excluding hydrogens is 264 g/mol. The molecule has 4 heteroatoms. The molecule has 0 aliphatic heterocycles. The molecule has 0 radical (unpaired) electrons. The summed E-state index contributed by atoms with van der Waals surface area (Å²) in [4.78, 5) is 12.1. The third kappa shape index (κ3) is 3.80. The van der Waals surface area contributed by atoms with Gasteiger partial charge in [0.25, 0.3) is 0 Å². The first-order chi connectivity index (χ1) is 10.1. The normalized spacial score (nSPS) is 13.9. The van der Waals surface area contributed by atoms with Gasteiger partial charge in [0.05, 0.1) is 12.1 Å². The second-order valence-corrected chi connectivity index (χ2v) is 5.19. The topological polar surface area (TPSA) is 64.3 Å². The fraction of sp³-hybridized carbons (Fsp3) is 0.353. The molecule has 2 aromatic rings. The van der Waals surface area contributed by atoms with E-state index in [4.69, 9.17) is 10.5 Å². The minimum atomic E-state index is -0.539. The molecule has 2 unspecified atom stereocenters. The fourth-order valence-corrected chi connectivity index (χ4v) is 2.40. The van der Waals surface area contributed by atoms with E-state index in [0.29, 0.717) is 13.0 Å². The van der Waals surface area contributed by atoms with Crippen LogP contribution in [0.15, 0.2) is 42.5 Å². The predicted molar refractivity (Wildman–Crippen MR) is 85.0 cm³/mol. The summed E-state index contributed by atoms with van der Waals surface area (Å²) in [6.45, 7) is 2.46. The smallest absolute Gasteiger partial charge is 0.237 e. The number of carbonyl (C=O) groups excluding carboxylic acids is 1. The van der Waals surface area contributed by atoms with Crippen molar-refractivity contribution in [2.75, 3.05) is 13.7 Å². The molecule has 0 saturated carbocycles. The first-order valence-corrected chi connectivity index (χ1v) is 7.16. The van der Waals surface area contributed by atoms with E-state index in [2.05, 4.69) is 23.5 Å². The van der Waals surface area contributed by atoms with Crippen LogP contribution in [0.25, 0.3) is 10.8 Å². The average Bonchev–Trinajstić information content (AvgIpc) is 2.51. The van der Waals surface area contributed by atoms with E-state index >= 15 is 0 Å². The van der Waals surface area contributed by atoms with E-state index in [1.807, 2.05) is 31.2 Å². The van der Waals surface area contributed by atoms with Crippen LogP contribution in [0.4, 0.5) is 0 Å². The molecule has 0 heterocycles. The standard InChI is InChI=1S/C17H22N2O2/c1-12(19-17(20)16(18)10-11-21-2)14-9-5-7-13-6-3-4-8-15(13)14/h3-9,12,16H,10-11,18H2,1-2H3,(H,19,20). The number of rotatable bonds is 6. The zero-order chi connectivity index (χ0) is 15.2. The molecular formula is C17H22N2O2. The van der Waals surface area contributed by atoms with E-state index in [9.17, 15) is 4.79 Å². The summed E-state index contributed by atoms with van der Waals surface area (Å²) < 4.78 is 4.95. The molecule has 0 aliphatic carbocycles. The Hall–Kier alpha value is -1.91. The van der Waals surface area contributed by atoms with Crippen molar-refractivity contribution in [3.05, 3.63) is 48.0 Å². The highest BCUT2D eigenvalue weighted by Crippen LogP contribution is 2.24. The average molecular weight is 286 g/mol. The van der Waals surface area contributed by atoms with Gasteiger partial charge in [-0.2, -0.15) is 0 Å². The molecule has 0 fully saturated rings. The second-order valence-electron chi connectivity index (χ2n) is 5.19. The quantitative estimate of drug-likeness (QED) is 0.857. The lowest BCUT2D eigenvalue weighted by atomic mass is 9.99. The van der Waals surface area contributed by atoms with Crippen LogP contribution in [-0.2, 0) is 9.53 Å². The number of carbonyl (C=O) groups is 1. The molecule has 2 atom stereocenters. The fourth-order valence-electron chi connectivity index (χ4n) is 2.40. The number of methoxy groups -OCH3 is 1. The van der Waals surface area contributed by atoms with Crippen molar-refractivity contribution in [1.29, 1.82) is 0 Å². The number of benzene rings is 2. The highest BCUT2D eigenvalue weighted by atomic mass is 16.5. The van der Waals surface area contributed by atoms with Gasteiger partial charge in [-0.3, -0.25) is 4.79 Å². The van der Waals surface area contributed by atoms with Crippen LogP contribution >= 0.6 is 0 Å². The lowest BCUT2D eigenvalue weighted by molar-refractivity contribution is -0.123. The zero-order valence-electron chi connectivity index (χ0n) is 12.5. The number of hydrogen-bond donors (Lipinski definition) is 2. The molecule has 1 amide bonds. The van der Waals surface area contributed by atoms with E-state index in [-0.39, 0.29) is 11.9 Å². The Morgan fingerprint density at radius 3 is 2.71 bits per heavy atom. The molecule has 2 rings (SSSR count). The summed E-state index contributed by atoms with van der Waals surface area (Å²) in [7, 11) is 1.60. The highest BCUT2D eigenvalue weighted by Gasteiger charge is 2.17. The molecule has 3 N–H and O–H groups in total.